The predicted molar refractivity (Wildman–Crippen MR) is 97.3 cm³/mol. The molecule has 27 heavy (non-hydrogen) atoms. The summed E-state index contributed by atoms with van der Waals surface area (Å²) in [5.74, 6) is -1.43. The van der Waals surface area contributed by atoms with Crippen LogP contribution in [0.4, 0.5) is 5.69 Å². The fourth-order valence-electron chi connectivity index (χ4n) is 3.87. The maximum atomic E-state index is 12.4. The quantitative estimate of drug-likeness (QED) is 0.656. The summed E-state index contributed by atoms with van der Waals surface area (Å²) in [4.78, 5) is 31.2. The Kier molecular flexibility index (Phi) is 4.07. The van der Waals surface area contributed by atoms with E-state index in [1.807, 2.05) is 6.07 Å². The van der Waals surface area contributed by atoms with Crippen LogP contribution in [0, 0.1) is 11.3 Å². The van der Waals surface area contributed by atoms with Gasteiger partial charge in [0.25, 0.3) is 0 Å². The monoisotopic (exact) mass is 366 g/mol. The Morgan fingerprint density at radius 2 is 1.74 bits per heavy atom. The summed E-state index contributed by atoms with van der Waals surface area (Å²) in [7, 11) is 2.47. The molecule has 1 saturated heterocycles. The van der Waals surface area contributed by atoms with Gasteiger partial charge in [0.2, 0.25) is 0 Å². The van der Waals surface area contributed by atoms with E-state index in [9.17, 15) is 14.9 Å². The number of methoxy groups -OCH3 is 2. The van der Waals surface area contributed by atoms with E-state index in [-0.39, 0.29) is 11.3 Å². The highest BCUT2D eigenvalue weighted by Gasteiger charge is 2.31. The first-order valence-electron chi connectivity index (χ1n) is 8.74. The lowest BCUT2D eigenvalue weighted by Crippen LogP contribution is -2.29. The molecule has 1 aliphatic heterocycles. The zero-order valence-electron chi connectivity index (χ0n) is 15.1. The minimum Gasteiger partial charge on any atom is -0.465 e. The molecule has 0 N–H and O–H groups in total. The van der Waals surface area contributed by atoms with Gasteiger partial charge >= 0.3 is 11.9 Å². The van der Waals surface area contributed by atoms with Crippen LogP contribution in [0.5, 0.6) is 0 Å². The molecule has 3 aromatic heterocycles. The number of hydrogen-bond acceptors (Lipinski definition) is 7. The number of nitrogens with zero attached hydrogens (tertiary/aromatic N) is 4. The topological polar surface area (TPSA) is 96.9 Å². The molecular formula is C19H18N4O4. The number of piperidine rings is 1. The Hall–Kier alpha value is -3.34. The maximum Gasteiger partial charge on any atom is 0.357 e. The van der Waals surface area contributed by atoms with Gasteiger partial charge in [0.1, 0.15) is 17.2 Å². The van der Waals surface area contributed by atoms with Gasteiger partial charge < -0.3 is 14.4 Å². The van der Waals surface area contributed by atoms with Crippen molar-refractivity contribution in [2.75, 3.05) is 32.2 Å². The number of aromatic nitrogens is 2. The van der Waals surface area contributed by atoms with Crippen molar-refractivity contribution < 1.29 is 19.1 Å². The number of hydrogen-bond donors (Lipinski definition) is 0. The fourth-order valence-corrected chi connectivity index (χ4v) is 3.87. The zero-order chi connectivity index (χ0) is 19.1. The number of carbonyl (C=O) groups excluding carboxylic acids is 2. The molecule has 0 amide bonds. The Bertz CT molecular complexity index is 1090. The van der Waals surface area contributed by atoms with Gasteiger partial charge in [-0.25, -0.2) is 14.6 Å². The number of rotatable bonds is 3. The van der Waals surface area contributed by atoms with Crippen molar-refractivity contribution in [3.05, 3.63) is 29.0 Å². The van der Waals surface area contributed by atoms with Gasteiger partial charge in [-0.15, -0.1) is 0 Å². The van der Waals surface area contributed by atoms with Gasteiger partial charge in [0.15, 0.2) is 11.3 Å². The molecule has 8 nitrogen and oxygen atoms in total. The van der Waals surface area contributed by atoms with Crippen LogP contribution in [0.25, 0.3) is 16.7 Å². The number of anilines is 1. The van der Waals surface area contributed by atoms with E-state index in [4.69, 9.17) is 9.47 Å². The van der Waals surface area contributed by atoms with Gasteiger partial charge in [-0.2, -0.15) is 5.26 Å². The van der Waals surface area contributed by atoms with Crippen LogP contribution in [-0.4, -0.2) is 48.6 Å². The van der Waals surface area contributed by atoms with Crippen molar-refractivity contribution in [2.24, 2.45) is 0 Å². The van der Waals surface area contributed by atoms with Gasteiger partial charge in [-0.1, -0.05) is 0 Å². The fraction of sp³-hybridized carbons (Fsp3) is 0.368. The SMILES string of the molecule is COC(=O)c1nc2c(C#N)c(N3CCCCC3)c3ccc(c1C(=O)OC)n32. The molecule has 1 fully saturated rings. The van der Waals surface area contributed by atoms with E-state index in [0.29, 0.717) is 16.7 Å². The lowest BCUT2D eigenvalue weighted by molar-refractivity contribution is 0.0551. The normalized spacial score (nSPS) is 14.5. The summed E-state index contributed by atoms with van der Waals surface area (Å²) in [6.45, 7) is 1.71. The van der Waals surface area contributed by atoms with Gasteiger partial charge in [0.05, 0.1) is 30.9 Å². The molecular weight excluding hydrogens is 348 g/mol. The van der Waals surface area contributed by atoms with E-state index in [2.05, 4.69) is 16.0 Å². The molecule has 4 heterocycles. The molecule has 0 atom stereocenters. The van der Waals surface area contributed by atoms with Crippen LogP contribution in [0.3, 0.4) is 0 Å². The average molecular weight is 366 g/mol. The summed E-state index contributed by atoms with van der Waals surface area (Å²) >= 11 is 0. The zero-order valence-corrected chi connectivity index (χ0v) is 15.1. The van der Waals surface area contributed by atoms with E-state index >= 15 is 0 Å². The van der Waals surface area contributed by atoms with Crippen molar-refractivity contribution in [1.82, 2.24) is 9.38 Å². The van der Waals surface area contributed by atoms with Crippen LogP contribution in [0.1, 0.15) is 45.7 Å². The largest absolute Gasteiger partial charge is 0.465 e. The Labute approximate surface area is 155 Å². The van der Waals surface area contributed by atoms with Crippen LogP contribution in [0.2, 0.25) is 0 Å². The molecule has 0 radical (unpaired) electrons. The van der Waals surface area contributed by atoms with Gasteiger partial charge in [0, 0.05) is 13.1 Å². The molecule has 0 aliphatic carbocycles. The molecule has 0 spiro atoms. The second-order valence-electron chi connectivity index (χ2n) is 6.46. The number of carbonyl (C=O) groups is 2. The van der Waals surface area contributed by atoms with E-state index in [1.54, 1.807) is 10.5 Å². The lowest BCUT2D eigenvalue weighted by Gasteiger charge is -2.28. The van der Waals surface area contributed by atoms with Crippen molar-refractivity contribution in [3.63, 3.8) is 0 Å². The van der Waals surface area contributed by atoms with E-state index in [1.165, 1.54) is 20.6 Å². The van der Waals surface area contributed by atoms with Gasteiger partial charge in [-0.3, -0.25) is 4.40 Å². The Morgan fingerprint density at radius 3 is 2.37 bits per heavy atom. The highest BCUT2D eigenvalue weighted by Crippen LogP contribution is 2.37. The van der Waals surface area contributed by atoms with E-state index < -0.39 is 11.9 Å². The predicted octanol–water partition coefficient (Wildman–Crippen LogP) is 2.36. The van der Waals surface area contributed by atoms with Crippen LogP contribution < -0.4 is 4.90 Å². The maximum absolute atomic E-state index is 12.4. The summed E-state index contributed by atoms with van der Waals surface area (Å²) in [5, 5.41) is 9.82. The molecule has 0 aromatic carbocycles. The number of nitriles is 1. The molecule has 8 heteroatoms. The first-order chi connectivity index (χ1) is 13.1. The summed E-state index contributed by atoms with van der Waals surface area (Å²) in [6.07, 6.45) is 3.28. The van der Waals surface area contributed by atoms with Crippen molar-refractivity contribution in [2.45, 2.75) is 19.3 Å². The summed E-state index contributed by atoms with van der Waals surface area (Å²) < 4.78 is 11.4. The second-order valence-corrected chi connectivity index (χ2v) is 6.46. The second kappa shape index (κ2) is 6.43. The van der Waals surface area contributed by atoms with Crippen LogP contribution >= 0.6 is 0 Å². The third-order valence-corrected chi connectivity index (χ3v) is 5.06. The molecule has 1 aliphatic rings. The third kappa shape index (κ3) is 2.39. The van der Waals surface area contributed by atoms with Crippen molar-refractivity contribution >= 4 is 34.3 Å². The van der Waals surface area contributed by atoms with Crippen molar-refractivity contribution in [1.29, 1.82) is 5.26 Å². The summed E-state index contributed by atoms with van der Waals surface area (Å²) in [6, 6.07) is 5.83. The van der Waals surface area contributed by atoms with Crippen LogP contribution in [0.15, 0.2) is 12.1 Å². The summed E-state index contributed by atoms with van der Waals surface area (Å²) in [5.41, 5.74) is 2.72. The van der Waals surface area contributed by atoms with Crippen LogP contribution in [-0.2, 0) is 9.47 Å². The number of esters is 2. The minimum atomic E-state index is -0.749. The smallest absolute Gasteiger partial charge is 0.357 e. The standard InChI is InChI=1S/C19H18N4O4/c1-26-18(24)14-12-6-7-13-16(22-8-4-3-5-9-22)11(10-20)17(23(12)13)21-15(14)19(25)27-2/h6-7H,3-5,8-9H2,1-2H3. The Morgan fingerprint density at radius 1 is 1.07 bits per heavy atom. The number of ether oxygens (including phenoxy) is 2. The minimum absolute atomic E-state index is 0.0385. The lowest BCUT2D eigenvalue weighted by atomic mass is 10.1. The van der Waals surface area contributed by atoms with E-state index in [0.717, 1.165) is 37.1 Å². The third-order valence-electron chi connectivity index (χ3n) is 5.06. The molecule has 4 rings (SSSR count). The highest BCUT2D eigenvalue weighted by atomic mass is 16.5. The molecule has 0 saturated carbocycles. The first kappa shape index (κ1) is 17.1. The Balaban J connectivity index is 2.09. The molecule has 0 bridgehead atoms. The highest BCUT2D eigenvalue weighted by molar-refractivity contribution is 6.09. The average Bonchev–Trinajstić information content (AvgIpc) is 3.28. The van der Waals surface area contributed by atoms with Crippen molar-refractivity contribution in [3.8, 4) is 6.07 Å². The molecule has 0 unspecified atom stereocenters. The van der Waals surface area contributed by atoms with Gasteiger partial charge in [-0.05, 0) is 31.4 Å². The first-order valence-corrected chi connectivity index (χ1v) is 8.74. The molecule has 3 aromatic rings. The molecule has 138 valence electrons.